The number of unbranched alkanes of at least 4 members (excludes halogenated alkanes) is 1. The third kappa shape index (κ3) is 12.5. The first-order valence-corrected chi connectivity index (χ1v) is 11.4. The van der Waals surface area contributed by atoms with Crippen LogP contribution < -0.4 is 33.2 Å². The third-order valence-corrected chi connectivity index (χ3v) is 5.00. The number of carboxylic acid groups (broad SMARTS) is 1. The topological polar surface area (TPSA) is 240 Å². The van der Waals surface area contributed by atoms with Gasteiger partial charge in [0.1, 0.15) is 12.1 Å². The standard InChI is InChI=1S/C21H40N6O7/c1-11(2)10-13(23)18(30)25-14(6-4-5-9-22)19(31)26-15(7-8-16(24)29)20(32)27-17(12(3)28)21(33)34/h11-15,17,28H,4-10,22-23H2,1-3H3,(H2,24,29)(H,25,30)(H,26,31)(H,27,32)(H,33,34). The molecular weight excluding hydrogens is 448 g/mol. The Labute approximate surface area is 199 Å². The van der Waals surface area contributed by atoms with Crippen molar-refractivity contribution in [3.8, 4) is 0 Å². The van der Waals surface area contributed by atoms with Crippen LogP contribution in [0.2, 0.25) is 0 Å². The number of nitrogens with two attached hydrogens (primary N) is 3. The molecule has 0 fully saturated rings. The molecule has 5 atom stereocenters. The number of carbonyl (C=O) groups excluding carboxylic acids is 4. The molecule has 196 valence electrons. The van der Waals surface area contributed by atoms with Crippen LogP contribution in [0.15, 0.2) is 0 Å². The average molecular weight is 489 g/mol. The molecule has 0 spiro atoms. The van der Waals surface area contributed by atoms with Gasteiger partial charge in [-0.1, -0.05) is 13.8 Å². The number of nitrogens with one attached hydrogen (secondary N) is 3. The van der Waals surface area contributed by atoms with Crippen LogP contribution in [0.25, 0.3) is 0 Å². The lowest BCUT2D eigenvalue weighted by Gasteiger charge is -2.26. The number of aliphatic hydroxyl groups excluding tert-OH is 1. The van der Waals surface area contributed by atoms with Crippen molar-refractivity contribution in [3.05, 3.63) is 0 Å². The Morgan fingerprint density at radius 2 is 1.38 bits per heavy atom. The van der Waals surface area contributed by atoms with Crippen LogP contribution >= 0.6 is 0 Å². The summed E-state index contributed by atoms with van der Waals surface area (Å²) in [6, 6.07) is -4.83. The molecule has 34 heavy (non-hydrogen) atoms. The molecule has 0 rings (SSSR count). The van der Waals surface area contributed by atoms with E-state index in [4.69, 9.17) is 17.2 Å². The van der Waals surface area contributed by atoms with Crippen LogP contribution in [0.1, 0.15) is 59.3 Å². The van der Waals surface area contributed by atoms with Gasteiger partial charge >= 0.3 is 5.97 Å². The first kappa shape index (κ1) is 31.2. The summed E-state index contributed by atoms with van der Waals surface area (Å²) in [7, 11) is 0. The normalized spacial score (nSPS) is 15.5. The molecule has 5 unspecified atom stereocenters. The molecule has 0 saturated carbocycles. The molecule has 0 aliphatic heterocycles. The molecule has 0 heterocycles. The van der Waals surface area contributed by atoms with E-state index in [9.17, 15) is 34.2 Å². The lowest BCUT2D eigenvalue weighted by atomic mass is 10.0. The van der Waals surface area contributed by atoms with Gasteiger partial charge < -0.3 is 43.4 Å². The van der Waals surface area contributed by atoms with Gasteiger partial charge in [-0.25, -0.2) is 4.79 Å². The van der Waals surface area contributed by atoms with Crippen molar-refractivity contribution in [2.24, 2.45) is 23.1 Å². The van der Waals surface area contributed by atoms with E-state index in [-0.39, 0.29) is 25.2 Å². The van der Waals surface area contributed by atoms with Gasteiger partial charge in [0, 0.05) is 6.42 Å². The van der Waals surface area contributed by atoms with E-state index < -0.39 is 59.9 Å². The second-order valence-corrected chi connectivity index (χ2v) is 8.71. The van der Waals surface area contributed by atoms with Crippen molar-refractivity contribution in [1.29, 1.82) is 0 Å². The minimum Gasteiger partial charge on any atom is -0.480 e. The van der Waals surface area contributed by atoms with E-state index in [1.54, 1.807) is 0 Å². The van der Waals surface area contributed by atoms with Crippen LogP contribution in [0.5, 0.6) is 0 Å². The van der Waals surface area contributed by atoms with E-state index in [1.807, 2.05) is 13.8 Å². The lowest BCUT2D eigenvalue weighted by Crippen LogP contribution is -2.58. The van der Waals surface area contributed by atoms with Crippen molar-refractivity contribution in [2.75, 3.05) is 6.54 Å². The minimum absolute atomic E-state index is 0.156. The first-order chi connectivity index (χ1) is 15.8. The highest BCUT2D eigenvalue weighted by Crippen LogP contribution is 2.07. The number of carbonyl (C=O) groups is 5. The average Bonchev–Trinajstić information content (AvgIpc) is 2.72. The number of aliphatic carboxylic acids is 1. The zero-order valence-corrected chi connectivity index (χ0v) is 20.1. The number of hydrogen-bond acceptors (Lipinski definition) is 8. The van der Waals surface area contributed by atoms with Crippen LogP contribution in [0, 0.1) is 5.92 Å². The molecule has 4 amide bonds. The summed E-state index contributed by atoms with van der Waals surface area (Å²) in [5.41, 5.74) is 16.6. The highest BCUT2D eigenvalue weighted by atomic mass is 16.4. The molecule has 0 radical (unpaired) electrons. The van der Waals surface area contributed by atoms with Gasteiger partial charge in [-0.15, -0.1) is 0 Å². The van der Waals surface area contributed by atoms with Gasteiger partial charge in [-0.05, 0) is 51.5 Å². The van der Waals surface area contributed by atoms with Crippen molar-refractivity contribution in [2.45, 2.75) is 89.6 Å². The summed E-state index contributed by atoms with van der Waals surface area (Å²) in [5, 5.41) is 26.0. The second kappa shape index (κ2) is 16.0. The van der Waals surface area contributed by atoms with E-state index >= 15 is 0 Å². The lowest BCUT2D eigenvalue weighted by molar-refractivity contribution is -0.145. The highest BCUT2D eigenvalue weighted by molar-refractivity contribution is 5.94. The molecule has 0 aromatic rings. The van der Waals surface area contributed by atoms with Gasteiger partial charge in [0.2, 0.25) is 23.6 Å². The fourth-order valence-electron chi connectivity index (χ4n) is 3.13. The molecule has 0 aromatic carbocycles. The first-order valence-electron chi connectivity index (χ1n) is 11.4. The Hall–Kier alpha value is -2.77. The van der Waals surface area contributed by atoms with Gasteiger partial charge in [0.15, 0.2) is 6.04 Å². The summed E-state index contributed by atoms with van der Waals surface area (Å²) in [6.07, 6.45) is -0.169. The molecule has 13 heteroatoms. The van der Waals surface area contributed by atoms with E-state index in [2.05, 4.69) is 16.0 Å². The molecule has 0 aromatic heterocycles. The molecule has 0 saturated heterocycles. The van der Waals surface area contributed by atoms with Gasteiger partial charge in [0.25, 0.3) is 0 Å². The number of rotatable bonds is 17. The third-order valence-electron chi connectivity index (χ3n) is 5.00. The number of carboxylic acids is 1. The maximum absolute atomic E-state index is 13.0. The molecule has 0 aliphatic rings. The quantitative estimate of drug-likeness (QED) is 0.102. The van der Waals surface area contributed by atoms with Crippen LogP contribution in [0.4, 0.5) is 0 Å². The largest absolute Gasteiger partial charge is 0.480 e. The van der Waals surface area contributed by atoms with Crippen molar-refractivity contribution in [3.63, 3.8) is 0 Å². The Morgan fingerprint density at radius 3 is 1.85 bits per heavy atom. The van der Waals surface area contributed by atoms with Crippen molar-refractivity contribution >= 4 is 29.6 Å². The van der Waals surface area contributed by atoms with Crippen LogP contribution in [0.3, 0.4) is 0 Å². The zero-order valence-electron chi connectivity index (χ0n) is 20.1. The maximum atomic E-state index is 13.0. The number of hydrogen-bond donors (Lipinski definition) is 8. The Morgan fingerprint density at radius 1 is 0.853 bits per heavy atom. The molecular formula is C21H40N6O7. The Balaban J connectivity index is 5.56. The SMILES string of the molecule is CC(C)CC(N)C(=O)NC(CCCCN)C(=O)NC(CCC(N)=O)C(=O)NC(C(=O)O)C(C)O. The maximum Gasteiger partial charge on any atom is 0.328 e. The Kier molecular flexibility index (Phi) is 14.7. The predicted molar refractivity (Wildman–Crippen MR) is 124 cm³/mol. The molecule has 13 nitrogen and oxygen atoms in total. The summed E-state index contributed by atoms with van der Waals surface area (Å²) in [6.45, 7) is 5.37. The zero-order chi connectivity index (χ0) is 26.4. The minimum atomic E-state index is -1.63. The number of amides is 4. The van der Waals surface area contributed by atoms with E-state index in [1.165, 1.54) is 6.92 Å². The molecule has 0 bridgehead atoms. The predicted octanol–water partition coefficient (Wildman–Crippen LogP) is -2.33. The van der Waals surface area contributed by atoms with Crippen molar-refractivity contribution < 1.29 is 34.2 Å². The monoisotopic (exact) mass is 488 g/mol. The summed E-state index contributed by atoms with van der Waals surface area (Å²) < 4.78 is 0. The summed E-state index contributed by atoms with van der Waals surface area (Å²) in [4.78, 5) is 60.6. The highest BCUT2D eigenvalue weighted by Gasteiger charge is 2.32. The number of aliphatic hydroxyl groups is 1. The number of primary amides is 1. The fraction of sp³-hybridized carbons (Fsp3) is 0.762. The smallest absolute Gasteiger partial charge is 0.328 e. The van der Waals surface area contributed by atoms with Crippen LogP contribution in [-0.4, -0.2) is 76.6 Å². The second-order valence-electron chi connectivity index (χ2n) is 8.71. The van der Waals surface area contributed by atoms with Gasteiger partial charge in [-0.2, -0.15) is 0 Å². The summed E-state index contributed by atoms with van der Waals surface area (Å²) >= 11 is 0. The van der Waals surface area contributed by atoms with Gasteiger partial charge in [-0.3, -0.25) is 19.2 Å². The molecule has 11 N–H and O–H groups in total. The Bertz CT molecular complexity index is 701. The van der Waals surface area contributed by atoms with Gasteiger partial charge in [0.05, 0.1) is 12.1 Å². The molecule has 0 aliphatic carbocycles. The summed E-state index contributed by atoms with van der Waals surface area (Å²) in [5.74, 6) is -4.22. The van der Waals surface area contributed by atoms with E-state index in [0.717, 1.165) is 0 Å². The van der Waals surface area contributed by atoms with Crippen LogP contribution in [-0.2, 0) is 24.0 Å². The van der Waals surface area contributed by atoms with E-state index in [0.29, 0.717) is 25.8 Å². The van der Waals surface area contributed by atoms with Crippen molar-refractivity contribution in [1.82, 2.24) is 16.0 Å². The fourth-order valence-corrected chi connectivity index (χ4v) is 3.13.